The fourth-order valence-corrected chi connectivity index (χ4v) is 1.62. The van der Waals surface area contributed by atoms with Crippen LogP contribution < -0.4 is 0 Å². The molecule has 12 heavy (non-hydrogen) atoms. The zero-order valence-electron chi connectivity index (χ0n) is 6.23. The molecule has 2 heterocycles. The van der Waals surface area contributed by atoms with Crippen LogP contribution >= 0.6 is 22.9 Å². The van der Waals surface area contributed by atoms with Gasteiger partial charge in [0.05, 0.1) is 6.33 Å². The van der Waals surface area contributed by atoms with E-state index in [0.29, 0.717) is 4.47 Å². The second kappa shape index (κ2) is 2.84. The highest BCUT2D eigenvalue weighted by atomic mass is 35.5. The molecule has 0 bridgehead atoms. The van der Waals surface area contributed by atoms with Gasteiger partial charge in [-0.15, -0.1) is 10.2 Å². The smallest absolute Gasteiger partial charge is 0.207 e. The van der Waals surface area contributed by atoms with Crippen LogP contribution in [0.15, 0.2) is 12.5 Å². The first-order chi connectivity index (χ1) is 5.75. The van der Waals surface area contributed by atoms with Crippen LogP contribution in [0.1, 0.15) is 0 Å². The maximum atomic E-state index is 5.63. The molecule has 2 aromatic heterocycles. The molecular weight excluding hydrogens is 196 g/mol. The summed E-state index contributed by atoms with van der Waals surface area (Å²) in [6.45, 7) is 0. The summed E-state index contributed by atoms with van der Waals surface area (Å²) >= 11 is 6.95. The van der Waals surface area contributed by atoms with E-state index in [2.05, 4.69) is 15.2 Å². The predicted molar refractivity (Wildman–Crippen MR) is 47.1 cm³/mol. The number of aryl methyl sites for hydroxylation is 1. The lowest BCUT2D eigenvalue weighted by atomic mass is 10.5. The number of hydrogen-bond acceptors (Lipinski definition) is 4. The molecule has 0 unspecified atom stereocenters. The Morgan fingerprint density at radius 1 is 1.50 bits per heavy atom. The highest BCUT2D eigenvalue weighted by Gasteiger charge is 2.06. The third-order valence-electron chi connectivity index (χ3n) is 1.32. The van der Waals surface area contributed by atoms with Crippen LogP contribution in [0.2, 0.25) is 4.47 Å². The topological polar surface area (TPSA) is 43.6 Å². The fourth-order valence-electron chi connectivity index (χ4n) is 0.832. The highest BCUT2D eigenvalue weighted by molar-refractivity contribution is 7.18. The molecule has 6 heteroatoms. The van der Waals surface area contributed by atoms with Crippen LogP contribution in [0.3, 0.4) is 0 Å². The second-order valence-corrected chi connectivity index (χ2v) is 3.84. The summed E-state index contributed by atoms with van der Waals surface area (Å²) in [6, 6.07) is 0. The van der Waals surface area contributed by atoms with Crippen molar-refractivity contribution in [2.24, 2.45) is 7.05 Å². The number of halogens is 1. The molecule has 2 aromatic rings. The van der Waals surface area contributed by atoms with Gasteiger partial charge in [0.2, 0.25) is 4.47 Å². The van der Waals surface area contributed by atoms with Crippen molar-refractivity contribution in [3.8, 4) is 10.7 Å². The molecule has 0 fully saturated rings. The van der Waals surface area contributed by atoms with Crippen molar-refractivity contribution in [2.75, 3.05) is 0 Å². The van der Waals surface area contributed by atoms with Gasteiger partial charge in [0.15, 0.2) is 5.01 Å². The molecule has 0 N–H and O–H groups in total. The van der Waals surface area contributed by atoms with E-state index in [1.54, 1.807) is 6.33 Å². The van der Waals surface area contributed by atoms with Gasteiger partial charge >= 0.3 is 0 Å². The van der Waals surface area contributed by atoms with E-state index in [1.165, 1.54) is 11.3 Å². The maximum Gasteiger partial charge on any atom is 0.207 e. The molecule has 0 aliphatic carbocycles. The van der Waals surface area contributed by atoms with Crippen LogP contribution in [0, 0.1) is 0 Å². The van der Waals surface area contributed by atoms with E-state index >= 15 is 0 Å². The largest absolute Gasteiger partial charge is 0.340 e. The van der Waals surface area contributed by atoms with Crippen LogP contribution in [0.5, 0.6) is 0 Å². The molecule has 0 atom stereocenters. The van der Waals surface area contributed by atoms with Gasteiger partial charge in [-0.05, 0) is 11.6 Å². The van der Waals surface area contributed by atoms with Gasteiger partial charge < -0.3 is 4.57 Å². The fraction of sp³-hybridized carbons (Fsp3) is 0.167. The van der Waals surface area contributed by atoms with Crippen LogP contribution in [-0.2, 0) is 7.05 Å². The monoisotopic (exact) mass is 200 g/mol. The first-order valence-electron chi connectivity index (χ1n) is 3.23. The molecule has 0 saturated carbocycles. The van der Waals surface area contributed by atoms with E-state index in [4.69, 9.17) is 11.6 Å². The lowest BCUT2D eigenvalue weighted by Crippen LogP contribution is -1.78. The SMILES string of the molecule is Cn1cnc(-c2nnc(Cl)s2)c1. The van der Waals surface area contributed by atoms with Gasteiger partial charge in [-0.2, -0.15) is 0 Å². The molecule has 0 radical (unpaired) electrons. The van der Waals surface area contributed by atoms with Crippen molar-refractivity contribution < 1.29 is 0 Å². The average Bonchev–Trinajstić information content (AvgIpc) is 2.58. The van der Waals surface area contributed by atoms with Gasteiger partial charge in [-0.25, -0.2) is 4.98 Å². The minimum Gasteiger partial charge on any atom is -0.340 e. The Bertz CT molecular complexity index is 355. The van der Waals surface area contributed by atoms with Crippen LogP contribution in [-0.4, -0.2) is 19.7 Å². The predicted octanol–water partition coefficient (Wildman–Crippen LogP) is 1.59. The number of nitrogens with zero attached hydrogens (tertiary/aromatic N) is 4. The van der Waals surface area contributed by atoms with E-state index in [0.717, 1.165) is 10.7 Å². The van der Waals surface area contributed by atoms with Crippen molar-refractivity contribution >= 4 is 22.9 Å². The summed E-state index contributed by atoms with van der Waals surface area (Å²) in [6.07, 6.45) is 3.58. The molecule has 0 aliphatic heterocycles. The van der Waals surface area contributed by atoms with Gasteiger partial charge in [0.1, 0.15) is 5.69 Å². The van der Waals surface area contributed by atoms with E-state index in [9.17, 15) is 0 Å². The molecule has 0 saturated heterocycles. The summed E-state index contributed by atoms with van der Waals surface area (Å²) < 4.78 is 2.29. The number of rotatable bonds is 1. The summed E-state index contributed by atoms with van der Waals surface area (Å²) in [7, 11) is 1.90. The van der Waals surface area contributed by atoms with Gasteiger partial charge in [-0.1, -0.05) is 11.3 Å². The van der Waals surface area contributed by atoms with Gasteiger partial charge in [0, 0.05) is 13.2 Å². The Morgan fingerprint density at radius 2 is 2.33 bits per heavy atom. The second-order valence-electron chi connectivity index (χ2n) is 2.28. The quantitative estimate of drug-likeness (QED) is 0.702. The van der Waals surface area contributed by atoms with Crippen molar-refractivity contribution in [1.29, 1.82) is 0 Å². The Labute approximate surface area is 77.8 Å². The minimum absolute atomic E-state index is 0.440. The lowest BCUT2D eigenvalue weighted by Gasteiger charge is -1.83. The van der Waals surface area contributed by atoms with Crippen molar-refractivity contribution in [2.45, 2.75) is 0 Å². The summed E-state index contributed by atoms with van der Waals surface area (Å²) in [4.78, 5) is 4.11. The third-order valence-corrected chi connectivity index (χ3v) is 2.37. The van der Waals surface area contributed by atoms with Crippen molar-refractivity contribution in [3.63, 3.8) is 0 Å². The number of aromatic nitrogens is 4. The Morgan fingerprint density at radius 3 is 2.83 bits per heavy atom. The Balaban J connectivity index is 2.43. The first-order valence-corrected chi connectivity index (χ1v) is 4.42. The van der Waals surface area contributed by atoms with Gasteiger partial charge in [0.25, 0.3) is 0 Å². The zero-order valence-corrected chi connectivity index (χ0v) is 7.80. The molecular formula is C6H5ClN4S. The molecule has 62 valence electrons. The Hall–Kier alpha value is -0.940. The third kappa shape index (κ3) is 1.33. The summed E-state index contributed by atoms with van der Waals surface area (Å²) in [5.74, 6) is 0. The van der Waals surface area contributed by atoms with Crippen LogP contribution in [0.25, 0.3) is 10.7 Å². The maximum absolute atomic E-state index is 5.63. The Kier molecular flexibility index (Phi) is 1.82. The number of hydrogen-bond donors (Lipinski definition) is 0. The summed E-state index contributed by atoms with van der Waals surface area (Å²) in [5, 5.41) is 8.30. The van der Waals surface area contributed by atoms with E-state index in [1.807, 2.05) is 17.8 Å². The molecule has 2 rings (SSSR count). The lowest BCUT2D eigenvalue weighted by molar-refractivity contribution is 0.913. The molecule has 0 amide bonds. The molecule has 4 nitrogen and oxygen atoms in total. The van der Waals surface area contributed by atoms with Crippen molar-refractivity contribution in [1.82, 2.24) is 19.7 Å². The zero-order chi connectivity index (χ0) is 8.55. The first kappa shape index (κ1) is 7.70. The van der Waals surface area contributed by atoms with Gasteiger partial charge in [-0.3, -0.25) is 0 Å². The van der Waals surface area contributed by atoms with Crippen LogP contribution in [0.4, 0.5) is 0 Å². The van der Waals surface area contributed by atoms with Crippen molar-refractivity contribution in [3.05, 3.63) is 17.0 Å². The molecule has 0 aromatic carbocycles. The normalized spacial score (nSPS) is 10.5. The standard InChI is InChI=1S/C6H5ClN4S/c1-11-2-4(8-3-11)5-9-10-6(7)12-5/h2-3H,1H3. The summed E-state index contributed by atoms with van der Waals surface area (Å²) in [5.41, 5.74) is 0.807. The van der Waals surface area contributed by atoms with E-state index < -0.39 is 0 Å². The average molecular weight is 201 g/mol. The molecule has 0 spiro atoms. The van der Waals surface area contributed by atoms with E-state index in [-0.39, 0.29) is 0 Å². The molecule has 0 aliphatic rings. The minimum atomic E-state index is 0.440. The number of imidazole rings is 1. The highest BCUT2D eigenvalue weighted by Crippen LogP contribution is 2.23.